The number of carboxylic acids is 1. The van der Waals surface area contributed by atoms with Crippen LogP contribution in [0.4, 0.5) is 0 Å². The zero-order valence-corrected chi connectivity index (χ0v) is 14.4. The standard InChI is InChI=1S/C16H16BrNO3.ClH/c1-21-15-7-6-14(17)8-13(15)10-18-9-11-2-4-12(5-3-11)16(19)20;/h2-8,18H,9-10H2,1H3,(H,19,20);1H. The first kappa shape index (κ1) is 18.5. The molecule has 0 spiro atoms. The number of nitrogens with two attached hydrogens (primary N) is 1. The minimum atomic E-state index is -0.899. The van der Waals surface area contributed by atoms with Crippen LogP contribution >= 0.6 is 15.9 Å². The molecule has 3 N–H and O–H groups in total. The van der Waals surface area contributed by atoms with Gasteiger partial charge in [0.15, 0.2) is 0 Å². The van der Waals surface area contributed by atoms with Gasteiger partial charge in [0.05, 0.1) is 12.7 Å². The number of benzene rings is 2. The highest BCUT2D eigenvalue weighted by atomic mass is 79.9. The molecule has 6 heteroatoms. The molecular weight excluding hydrogens is 370 g/mol. The number of hydrogen-bond acceptors (Lipinski definition) is 2. The fourth-order valence-electron chi connectivity index (χ4n) is 2.08. The summed E-state index contributed by atoms with van der Waals surface area (Å²) in [5, 5.41) is 11.0. The molecule has 0 radical (unpaired) electrons. The highest BCUT2D eigenvalue weighted by Crippen LogP contribution is 2.21. The van der Waals surface area contributed by atoms with Gasteiger partial charge in [-0.3, -0.25) is 0 Å². The summed E-state index contributed by atoms with van der Waals surface area (Å²) < 4.78 is 6.36. The second kappa shape index (κ2) is 8.78. The molecule has 2 aromatic carbocycles. The van der Waals surface area contributed by atoms with Crippen molar-refractivity contribution in [1.29, 1.82) is 0 Å². The van der Waals surface area contributed by atoms with Crippen molar-refractivity contribution in [3.8, 4) is 5.75 Å². The van der Waals surface area contributed by atoms with Crippen molar-refractivity contribution in [2.45, 2.75) is 13.1 Å². The summed E-state index contributed by atoms with van der Waals surface area (Å²) in [4.78, 5) is 10.8. The van der Waals surface area contributed by atoms with E-state index in [4.69, 9.17) is 9.84 Å². The van der Waals surface area contributed by atoms with Crippen molar-refractivity contribution in [2.24, 2.45) is 0 Å². The molecule has 4 nitrogen and oxygen atoms in total. The second-order valence-electron chi connectivity index (χ2n) is 4.66. The third-order valence-electron chi connectivity index (χ3n) is 3.19. The Morgan fingerprint density at radius 3 is 2.45 bits per heavy atom. The molecule has 0 atom stereocenters. The van der Waals surface area contributed by atoms with Crippen LogP contribution in [0.2, 0.25) is 0 Å². The van der Waals surface area contributed by atoms with Crippen molar-refractivity contribution in [3.63, 3.8) is 0 Å². The lowest BCUT2D eigenvalue weighted by molar-refractivity contribution is -0.686. The molecule has 118 valence electrons. The molecule has 0 saturated heterocycles. The summed E-state index contributed by atoms with van der Waals surface area (Å²) in [6, 6.07) is 12.9. The molecule has 2 rings (SSSR count). The van der Waals surface area contributed by atoms with Crippen LogP contribution < -0.4 is 22.5 Å². The molecule has 0 unspecified atom stereocenters. The average molecular weight is 387 g/mol. The quantitative estimate of drug-likeness (QED) is 0.698. The predicted molar refractivity (Wildman–Crippen MR) is 83.4 cm³/mol. The Balaban J connectivity index is 0.00000242. The third-order valence-corrected chi connectivity index (χ3v) is 3.68. The molecule has 0 fully saturated rings. The van der Waals surface area contributed by atoms with Gasteiger partial charge in [0, 0.05) is 15.6 Å². The maximum absolute atomic E-state index is 10.8. The van der Waals surface area contributed by atoms with Crippen molar-refractivity contribution in [1.82, 2.24) is 0 Å². The molecule has 0 aromatic heterocycles. The largest absolute Gasteiger partial charge is 1.00 e. The molecule has 0 bridgehead atoms. The van der Waals surface area contributed by atoms with Gasteiger partial charge in [-0.05, 0) is 30.3 Å². The molecular formula is C16H17BrClNO3. The molecule has 0 heterocycles. The summed E-state index contributed by atoms with van der Waals surface area (Å²) in [6.07, 6.45) is 0. The smallest absolute Gasteiger partial charge is 0.335 e. The van der Waals surface area contributed by atoms with Crippen LogP contribution in [0.25, 0.3) is 0 Å². The summed E-state index contributed by atoms with van der Waals surface area (Å²) in [5.74, 6) is -0.0277. The van der Waals surface area contributed by atoms with E-state index >= 15 is 0 Å². The van der Waals surface area contributed by atoms with Gasteiger partial charge in [0.1, 0.15) is 18.8 Å². The molecule has 0 aliphatic carbocycles. The number of rotatable bonds is 6. The van der Waals surface area contributed by atoms with E-state index in [2.05, 4.69) is 21.2 Å². The Hall–Kier alpha value is -1.56. The SMILES string of the molecule is COc1ccc(Br)cc1C[NH2+]Cc1ccc(C(=O)O)cc1.[Cl-]. The van der Waals surface area contributed by atoms with Crippen molar-refractivity contribution >= 4 is 21.9 Å². The molecule has 0 amide bonds. The van der Waals surface area contributed by atoms with Crippen LogP contribution in [0, 0.1) is 0 Å². The molecule has 0 aliphatic heterocycles. The number of carbonyl (C=O) groups is 1. The van der Waals surface area contributed by atoms with E-state index in [9.17, 15) is 4.79 Å². The number of methoxy groups -OCH3 is 1. The van der Waals surface area contributed by atoms with E-state index < -0.39 is 5.97 Å². The summed E-state index contributed by atoms with van der Waals surface area (Å²) in [6.45, 7) is 1.58. The minimum absolute atomic E-state index is 0. The first-order valence-electron chi connectivity index (χ1n) is 6.56. The molecule has 0 aliphatic rings. The molecule has 22 heavy (non-hydrogen) atoms. The number of hydrogen-bond donors (Lipinski definition) is 2. The number of aromatic carboxylic acids is 1. The van der Waals surface area contributed by atoms with Gasteiger partial charge in [-0.25, -0.2) is 4.79 Å². The molecule has 2 aromatic rings. The van der Waals surface area contributed by atoms with E-state index in [1.807, 2.05) is 30.3 Å². The number of ether oxygens (including phenoxy) is 1. The maximum atomic E-state index is 10.8. The van der Waals surface area contributed by atoms with Crippen LogP contribution in [0.1, 0.15) is 21.5 Å². The number of quaternary nitrogens is 1. The van der Waals surface area contributed by atoms with Crippen LogP contribution in [-0.4, -0.2) is 18.2 Å². The summed E-state index contributed by atoms with van der Waals surface area (Å²) in [7, 11) is 1.66. The summed E-state index contributed by atoms with van der Waals surface area (Å²) in [5.41, 5.74) is 2.52. The van der Waals surface area contributed by atoms with Crippen LogP contribution in [0.5, 0.6) is 5.75 Å². The fourth-order valence-corrected chi connectivity index (χ4v) is 2.49. The van der Waals surface area contributed by atoms with Crippen LogP contribution in [0.3, 0.4) is 0 Å². The highest BCUT2D eigenvalue weighted by Gasteiger charge is 2.06. The normalized spacial score (nSPS) is 9.91. The molecule has 0 saturated carbocycles. The Morgan fingerprint density at radius 1 is 1.18 bits per heavy atom. The van der Waals surface area contributed by atoms with E-state index in [1.54, 1.807) is 19.2 Å². The maximum Gasteiger partial charge on any atom is 0.335 e. The van der Waals surface area contributed by atoms with Gasteiger partial charge in [0.2, 0.25) is 0 Å². The van der Waals surface area contributed by atoms with Crippen molar-refractivity contribution < 1.29 is 32.4 Å². The monoisotopic (exact) mass is 385 g/mol. The van der Waals surface area contributed by atoms with Gasteiger partial charge in [0.25, 0.3) is 0 Å². The zero-order chi connectivity index (χ0) is 15.2. The Morgan fingerprint density at radius 2 is 1.86 bits per heavy atom. The van der Waals surface area contributed by atoms with E-state index in [1.165, 1.54) is 0 Å². The van der Waals surface area contributed by atoms with Crippen molar-refractivity contribution in [3.05, 3.63) is 63.6 Å². The van der Waals surface area contributed by atoms with Crippen molar-refractivity contribution in [2.75, 3.05) is 7.11 Å². The van der Waals surface area contributed by atoms with E-state index in [-0.39, 0.29) is 12.4 Å². The lowest BCUT2D eigenvalue weighted by atomic mass is 10.1. The Kier molecular flexibility index (Phi) is 7.38. The average Bonchev–Trinajstić information content (AvgIpc) is 2.48. The van der Waals surface area contributed by atoms with Crippen LogP contribution in [-0.2, 0) is 13.1 Å². The first-order chi connectivity index (χ1) is 10.1. The van der Waals surface area contributed by atoms with Gasteiger partial charge < -0.3 is 27.6 Å². The Labute approximate surface area is 144 Å². The third kappa shape index (κ3) is 5.02. The van der Waals surface area contributed by atoms with Gasteiger partial charge >= 0.3 is 5.97 Å². The topological polar surface area (TPSA) is 63.1 Å². The second-order valence-corrected chi connectivity index (χ2v) is 5.57. The number of carboxylic acid groups (broad SMARTS) is 1. The highest BCUT2D eigenvalue weighted by molar-refractivity contribution is 9.10. The van der Waals surface area contributed by atoms with Gasteiger partial charge in [-0.1, -0.05) is 28.1 Å². The predicted octanol–water partition coefficient (Wildman–Crippen LogP) is -0.576. The Bertz CT molecular complexity index is 632. The lowest BCUT2D eigenvalue weighted by Crippen LogP contribution is -3.00. The lowest BCUT2D eigenvalue weighted by Gasteiger charge is -2.08. The van der Waals surface area contributed by atoms with E-state index in [0.717, 1.165) is 34.4 Å². The number of halogens is 2. The first-order valence-corrected chi connectivity index (χ1v) is 7.36. The summed E-state index contributed by atoms with van der Waals surface area (Å²) >= 11 is 3.46. The van der Waals surface area contributed by atoms with Crippen LogP contribution in [0.15, 0.2) is 46.9 Å². The van der Waals surface area contributed by atoms with E-state index in [0.29, 0.717) is 5.56 Å². The zero-order valence-electron chi connectivity index (χ0n) is 12.1. The fraction of sp³-hybridized carbons (Fsp3) is 0.188. The van der Waals surface area contributed by atoms with Gasteiger partial charge in [-0.15, -0.1) is 0 Å². The van der Waals surface area contributed by atoms with Gasteiger partial charge in [-0.2, -0.15) is 0 Å². The minimum Gasteiger partial charge on any atom is -1.00 e.